The number of hydrogen-bond acceptors (Lipinski definition) is 8. The van der Waals surface area contributed by atoms with E-state index in [0.717, 1.165) is 19.3 Å². The number of hydroxylamine groups is 2. The lowest BCUT2D eigenvalue weighted by Crippen LogP contribution is -2.47. The molecule has 1 heterocycles. The van der Waals surface area contributed by atoms with Crippen LogP contribution in [-0.2, 0) is 9.59 Å². The highest BCUT2D eigenvalue weighted by Gasteiger charge is 2.30. The number of nitrogens with one attached hydrogen (secondary N) is 2. The normalized spacial score (nSPS) is 12.6. The van der Waals surface area contributed by atoms with Crippen LogP contribution in [0, 0.1) is 5.92 Å². The lowest BCUT2D eigenvalue weighted by atomic mass is 9.90. The number of carbonyl (C=O) groups is 3. The summed E-state index contributed by atoms with van der Waals surface area (Å²) in [6, 6.07) is 7.11. The quantitative estimate of drug-likeness (QED) is 0.0545. The summed E-state index contributed by atoms with van der Waals surface area (Å²) in [6.45, 7) is 5.84. The SMILES string of the molecule is CCCCCC(C(=O)NCNC(=O)c1ccc(-c2cc(OCC)cc(P(O)O)c2)o1)C(CC)N(O)C=O. The summed E-state index contributed by atoms with van der Waals surface area (Å²) in [5.74, 6) is -0.816. The molecule has 2 atom stereocenters. The van der Waals surface area contributed by atoms with Crippen molar-refractivity contribution in [3.8, 4) is 17.1 Å². The molecule has 1 aromatic carbocycles. The minimum atomic E-state index is -2.35. The zero-order chi connectivity index (χ0) is 27.4. The Bertz CT molecular complexity index is 1030. The fraction of sp³-hybridized carbons (Fsp3) is 0.480. The molecule has 0 radical (unpaired) electrons. The highest BCUT2D eigenvalue weighted by atomic mass is 31.2. The van der Waals surface area contributed by atoms with E-state index in [1.54, 1.807) is 32.0 Å². The third-order valence-corrected chi connectivity index (χ3v) is 6.57. The van der Waals surface area contributed by atoms with E-state index in [4.69, 9.17) is 9.15 Å². The molecule has 3 amide bonds. The number of carbonyl (C=O) groups excluding carboxylic acids is 3. The van der Waals surface area contributed by atoms with Crippen molar-refractivity contribution in [3.05, 3.63) is 36.1 Å². The van der Waals surface area contributed by atoms with Crippen molar-refractivity contribution in [2.75, 3.05) is 13.3 Å². The number of nitrogens with zero attached hydrogens (tertiary/aromatic N) is 1. The molecule has 12 heteroatoms. The highest BCUT2D eigenvalue weighted by molar-refractivity contribution is 7.54. The average molecular weight is 538 g/mol. The van der Waals surface area contributed by atoms with Crippen molar-refractivity contribution in [1.82, 2.24) is 15.7 Å². The summed E-state index contributed by atoms with van der Waals surface area (Å²) < 4.78 is 11.1. The Labute approximate surface area is 217 Å². The van der Waals surface area contributed by atoms with Crippen LogP contribution in [0.15, 0.2) is 34.7 Å². The predicted molar refractivity (Wildman–Crippen MR) is 138 cm³/mol. The molecule has 11 nitrogen and oxygen atoms in total. The summed E-state index contributed by atoms with van der Waals surface area (Å²) in [5.41, 5.74) is 0.508. The van der Waals surface area contributed by atoms with Crippen molar-refractivity contribution in [2.24, 2.45) is 5.92 Å². The molecule has 0 aliphatic rings. The first kappa shape index (κ1) is 30.2. The van der Waals surface area contributed by atoms with Gasteiger partial charge in [0.2, 0.25) is 12.3 Å². The largest absolute Gasteiger partial charge is 0.494 e. The topological polar surface area (TPSA) is 162 Å². The van der Waals surface area contributed by atoms with Crippen molar-refractivity contribution in [3.63, 3.8) is 0 Å². The van der Waals surface area contributed by atoms with Crippen molar-refractivity contribution in [2.45, 2.75) is 58.9 Å². The molecule has 2 unspecified atom stereocenters. The van der Waals surface area contributed by atoms with Crippen LogP contribution in [-0.4, -0.2) is 57.6 Å². The molecule has 1 aromatic heterocycles. The van der Waals surface area contributed by atoms with E-state index in [2.05, 4.69) is 10.6 Å². The summed E-state index contributed by atoms with van der Waals surface area (Å²) >= 11 is 0. The maximum Gasteiger partial charge on any atom is 0.288 e. The number of hydrogen-bond donors (Lipinski definition) is 5. The van der Waals surface area contributed by atoms with Gasteiger partial charge in [0.25, 0.3) is 5.91 Å². The van der Waals surface area contributed by atoms with Crippen LogP contribution in [0.2, 0.25) is 0 Å². The van der Waals surface area contributed by atoms with Crippen LogP contribution < -0.4 is 20.7 Å². The van der Waals surface area contributed by atoms with Crippen LogP contribution in [0.4, 0.5) is 0 Å². The van der Waals surface area contributed by atoms with Gasteiger partial charge in [-0.15, -0.1) is 0 Å². The monoisotopic (exact) mass is 537 g/mol. The van der Waals surface area contributed by atoms with Gasteiger partial charge in [0.15, 0.2) is 14.1 Å². The van der Waals surface area contributed by atoms with E-state index in [1.165, 1.54) is 12.1 Å². The number of benzene rings is 1. The zero-order valence-corrected chi connectivity index (χ0v) is 22.2. The fourth-order valence-electron chi connectivity index (χ4n) is 3.98. The molecule has 5 N–H and O–H groups in total. The third kappa shape index (κ3) is 8.82. The van der Waals surface area contributed by atoms with Gasteiger partial charge in [-0.3, -0.25) is 19.6 Å². The molecular weight excluding hydrogens is 501 g/mol. The maximum atomic E-state index is 12.8. The Morgan fingerprint density at radius 1 is 1.14 bits per heavy atom. The second kappa shape index (κ2) is 15.3. The highest BCUT2D eigenvalue weighted by Crippen LogP contribution is 2.31. The predicted octanol–water partition coefficient (Wildman–Crippen LogP) is 2.89. The van der Waals surface area contributed by atoms with Crippen molar-refractivity contribution >= 4 is 31.9 Å². The van der Waals surface area contributed by atoms with Gasteiger partial charge in [0.1, 0.15) is 11.5 Å². The number of rotatable bonds is 16. The van der Waals surface area contributed by atoms with Gasteiger partial charge < -0.3 is 29.6 Å². The molecule has 0 spiro atoms. The molecule has 2 rings (SSSR count). The second-order valence-electron chi connectivity index (χ2n) is 8.39. The molecule has 37 heavy (non-hydrogen) atoms. The average Bonchev–Trinajstić information content (AvgIpc) is 3.38. The minimum Gasteiger partial charge on any atom is -0.494 e. The van der Waals surface area contributed by atoms with E-state index in [1.807, 2.05) is 6.92 Å². The molecule has 204 valence electrons. The smallest absolute Gasteiger partial charge is 0.288 e. The van der Waals surface area contributed by atoms with Crippen molar-refractivity contribution in [1.29, 1.82) is 0 Å². The van der Waals surface area contributed by atoms with Gasteiger partial charge in [-0.2, -0.15) is 0 Å². The first-order chi connectivity index (χ1) is 17.7. The zero-order valence-electron chi connectivity index (χ0n) is 21.3. The molecule has 0 fully saturated rings. The molecule has 0 saturated carbocycles. The first-order valence-electron chi connectivity index (χ1n) is 12.3. The minimum absolute atomic E-state index is 0.00343. The van der Waals surface area contributed by atoms with Crippen LogP contribution >= 0.6 is 8.38 Å². The Morgan fingerprint density at radius 2 is 1.89 bits per heavy atom. The lowest BCUT2D eigenvalue weighted by Gasteiger charge is -2.29. The van der Waals surface area contributed by atoms with Gasteiger partial charge in [-0.05, 0) is 50.1 Å². The van der Waals surface area contributed by atoms with E-state index in [-0.39, 0.29) is 23.6 Å². The number of amides is 3. The summed E-state index contributed by atoms with van der Waals surface area (Å²) in [6.07, 6.45) is 3.81. The summed E-state index contributed by atoms with van der Waals surface area (Å²) in [7, 11) is -2.35. The molecule has 0 aliphatic heterocycles. The summed E-state index contributed by atoms with van der Waals surface area (Å²) in [4.78, 5) is 55.7. The first-order valence-corrected chi connectivity index (χ1v) is 13.5. The van der Waals surface area contributed by atoms with Gasteiger partial charge >= 0.3 is 0 Å². The van der Waals surface area contributed by atoms with E-state index in [9.17, 15) is 29.4 Å². The van der Waals surface area contributed by atoms with E-state index >= 15 is 0 Å². The summed E-state index contributed by atoms with van der Waals surface area (Å²) in [5, 5.41) is 15.9. The Morgan fingerprint density at radius 3 is 2.51 bits per heavy atom. The number of ether oxygens (including phenoxy) is 1. The van der Waals surface area contributed by atoms with Gasteiger partial charge in [-0.25, -0.2) is 5.06 Å². The van der Waals surface area contributed by atoms with Gasteiger partial charge in [-0.1, -0.05) is 33.1 Å². The molecule has 0 saturated heterocycles. The molecule has 0 aliphatic carbocycles. The van der Waals surface area contributed by atoms with Crippen LogP contribution in [0.5, 0.6) is 5.75 Å². The standard InChI is InChI=1S/C25H36N3O8P/c1-4-7-8-9-20(21(5-2)28(32)16-29)24(30)26-15-27-25(31)23-11-10-22(36-23)17-12-18(35-6-3)14-19(13-17)37(33)34/h10-14,16,20-21,32-34H,4-9,15H2,1-3H3,(H,26,30)(H,27,31). The third-order valence-electron chi connectivity index (χ3n) is 5.85. The van der Waals surface area contributed by atoms with Crippen LogP contribution in [0.25, 0.3) is 11.3 Å². The number of unbranched alkanes of at least 4 members (excludes halogenated alkanes) is 2. The van der Waals surface area contributed by atoms with E-state index < -0.39 is 26.2 Å². The van der Waals surface area contributed by atoms with Crippen LogP contribution in [0.1, 0.15) is 63.4 Å². The maximum absolute atomic E-state index is 12.8. The Hall–Kier alpha value is -2.98. The molecular formula is C25H36N3O8P. The van der Waals surface area contributed by atoms with Gasteiger partial charge in [0.05, 0.1) is 25.2 Å². The van der Waals surface area contributed by atoms with E-state index in [0.29, 0.717) is 48.0 Å². The van der Waals surface area contributed by atoms with Crippen LogP contribution in [0.3, 0.4) is 0 Å². The van der Waals surface area contributed by atoms with Gasteiger partial charge in [0, 0.05) is 10.9 Å². The fourth-order valence-corrected chi connectivity index (χ4v) is 4.48. The number of furan rings is 1. The Kier molecular flexibility index (Phi) is 12.5. The molecule has 2 aromatic rings. The second-order valence-corrected chi connectivity index (χ2v) is 9.48. The lowest BCUT2D eigenvalue weighted by molar-refractivity contribution is -0.168. The molecule has 0 bridgehead atoms. The van der Waals surface area contributed by atoms with Crippen molar-refractivity contribution < 1.29 is 38.5 Å². The Balaban J connectivity index is 2.05.